The molecule has 1 unspecified atom stereocenters. The van der Waals surface area contributed by atoms with Crippen LogP contribution in [0.25, 0.3) is 0 Å². The molecule has 188 valence electrons. The minimum atomic E-state index is -5.01. The lowest BCUT2D eigenvalue weighted by Crippen LogP contribution is -2.41. The Hall–Kier alpha value is -2.86. The summed E-state index contributed by atoms with van der Waals surface area (Å²) in [5.74, 6) is -2.17. The van der Waals surface area contributed by atoms with E-state index in [0.717, 1.165) is 17.0 Å². The molecule has 0 heterocycles. The summed E-state index contributed by atoms with van der Waals surface area (Å²) in [5, 5.41) is 9.59. The molecule has 3 aromatic carbocycles. The van der Waals surface area contributed by atoms with Gasteiger partial charge in [0.15, 0.2) is 17.7 Å². The Balaban J connectivity index is 1.94. The number of anilines is 1. The molecule has 3 nitrogen and oxygen atoms in total. The molecule has 0 aromatic heterocycles. The van der Waals surface area contributed by atoms with Crippen LogP contribution in [0, 0.1) is 11.6 Å². The largest absolute Gasteiger partial charge is 0.454 e. The van der Waals surface area contributed by atoms with E-state index in [4.69, 9.17) is 4.74 Å². The SMILES string of the molecule is OC(CN(Cc1ccc(C(F)(F)F)cc1F)c1cccc(Oc2cc(Br)ccc2F)c1)C(F)(F)F. The zero-order valence-corrected chi connectivity index (χ0v) is 19.1. The monoisotopic (exact) mass is 569 g/mol. The number of nitrogens with zero attached hydrogens (tertiary/aromatic N) is 1. The van der Waals surface area contributed by atoms with E-state index in [1.165, 1.54) is 36.4 Å². The third-order valence-corrected chi connectivity index (χ3v) is 5.31. The van der Waals surface area contributed by atoms with E-state index in [-0.39, 0.29) is 28.8 Å². The van der Waals surface area contributed by atoms with E-state index in [1.807, 2.05) is 0 Å². The number of hydrogen-bond acceptors (Lipinski definition) is 3. The molecule has 3 aromatic rings. The van der Waals surface area contributed by atoms with Crippen molar-refractivity contribution < 1.29 is 45.0 Å². The minimum absolute atomic E-state index is 0.0129. The van der Waals surface area contributed by atoms with Crippen LogP contribution >= 0.6 is 15.9 Å². The van der Waals surface area contributed by atoms with E-state index in [9.17, 15) is 40.2 Å². The van der Waals surface area contributed by atoms with Gasteiger partial charge < -0.3 is 14.7 Å². The van der Waals surface area contributed by atoms with Crippen molar-refractivity contribution in [1.82, 2.24) is 0 Å². The molecule has 0 bridgehead atoms. The van der Waals surface area contributed by atoms with Crippen molar-refractivity contribution in [2.45, 2.75) is 25.0 Å². The molecule has 0 saturated carbocycles. The molecular weight excluding hydrogens is 554 g/mol. The molecule has 0 saturated heterocycles. The quantitative estimate of drug-likeness (QED) is 0.300. The molecule has 0 aliphatic heterocycles. The minimum Gasteiger partial charge on any atom is -0.454 e. The van der Waals surface area contributed by atoms with Crippen molar-refractivity contribution in [1.29, 1.82) is 0 Å². The summed E-state index contributed by atoms with van der Waals surface area (Å²) in [6, 6.07) is 10.8. The van der Waals surface area contributed by atoms with Crippen LogP contribution in [0.1, 0.15) is 11.1 Å². The maximum absolute atomic E-state index is 14.4. The fourth-order valence-corrected chi connectivity index (χ4v) is 3.40. The number of aliphatic hydroxyl groups is 1. The lowest BCUT2D eigenvalue weighted by molar-refractivity contribution is -0.200. The Morgan fingerprint density at radius 1 is 0.886 bits per heavy atom. The average Bonchev–Trinajstić information content (AvgIpc) is 2.76. The highest BCUT2D eigenvalue weighted by Crippen LogP contribution is 2.33. The first-order valence-corrected chi connectivity index (χ1v) is 10.6. The van der Waals surface area contributed by atoms with Crippen LogP contribution in [0.15, 0.2) is 65.1 Å². The number of aliphatic hydroxyl groups excluding tert-OH is 1. The molecule has 12 heteroatoms. The van der Waals surface area contributed by atoms with Crippen molar-refractivity contribution in [3.8, 4) is 11.5 Å². The fraction of sp³-hybridized carbons (Fsp3) is 0.217. The number of benzene rings is 3. The van der Waals surface area contributed by atoms with Crippen molar-refractivity contribution in [3.05, 3.63) is 87.9 Å². The topological polar surface area (TPSA) is 32.7 Å². The number of ether oxygens (including phenoxy) is 1. The number of alkyl halides is 6. The molecule has 3 rings (SSSR count). The standard InChI is InChI=1S/C23H16BrF8NO2/c24-15-6-7-18(25)20(9-15)35-17-3-1-2-16(10-17)33(12-21(34)23(30,31)32)11-13-4-5-14(8-19(13)26)22(27,28)29/h1-10,21,34H,11-12H2. The first kappa shape index (κ1) is 26.7. The molecule has 0 radical (unpaired) electrons. The van der Waals surface area contributed by atoms with E-state index in [2.05, 4.69) is 15.9 Å². The Kier molecular flexibility index (Phi) is 7.95. The van der Waals surface area contributed by atoms with E-state index in [1.54, 1.807) is 0 Å². The zero-order valence-electron chi connectivity index (χ0n) is 17.5. The van der Waals surface area contributed by atoms with Crippen LogP contribution in [0.2, 0.25) is 0 Å². The van der Waals surface area contributed by atoms with E-state index in [0.29, 0.717) is 10.5 Å². The lowest BCUT2D eigenvalue weighted by Gasteiger charge is -2.29. The van der Waals surface area contributed by atoms with Gasteiger partial charge in [-0.25, -0.2) is 8.78 Å². The van der Waals surface area contributed by atoms with Gasteiger partial charge in [0.1, 0.15) is 11.6 Å². The van der Waals surface area contributed by atoms with Gasteiger partial charge in [0.2, 0.25) is 0 Å². The summed E-state index contributed by atoms with van der Waals surface area (Å²) in [6.07, 6.45) is -12.7. The predicted octanol–water partition coefficient (Wildman–Crippen LogP) is 7.47. The van der Waals surface area contributed by atoms with Crippen LogP contribution in [-0.2, 0) is 12.7 Å². The molecule has 35 heavy (non-hydrogen) atoms. The Bertz CT molecular complexity index is 1180. The molecule has 0 aliphatic rings. The van der Waals surface area contributed by atoms with Gasteiger partial charge in [-0.2, -0.15) is 26.3 Å². The number of halogens is 9. The summed E-state index contributed by atoms with van der Waals surface area (Å²) in [4.78, 5) is 0.925. The molecule has 0 amide bonds. The van der Waals surface area contributed by atoms with E-state index >= 15 is 0 Å². The third kappa shape index (κ3) is 7.07. The molecular formula is C23H16BrF8NO2. The van der Waals surface area contributed by atoms with Crippen LogP contribution < -0.4 is 9.64 Å². The van der Waals surface area contributed by atoms with Gasteiger partial charge in [0.25, 0.3) is 0 Å². The van der Waals surface area contributed by atoms with Gasteiger partial charge in [-0.1, -0.05) is 28.1 Å². The second-order valence-electron chi connectivity index (χ2n) is 7.42. The van der Waals surface area contributed by atoms with Gasteiger partial charge in [-0.3, -0.25) is 0 Å². The van der Waals surface area contributed by atoms with Crippen LogP contribution in [0.4, 0.5) is 40.8 Å². The zero-order chi connectivity index (χ0) is 26.0. The first-order chi connectivity index (χ1) is 16.2. The van der Waals surface area contributed by atoms with Gasteiger partial charge in [0.05, 0.1) is 12.1 Å². The van der Waals surface area contributed by atoms with Crippen LogP contribution in [0.3, 0.4) is 0 Å². The van der Waals surface area contributed by atoms with Crippen molar-refractivity contribution >= 4 is 21.6 Å². The maximum Gasteiger partial charge on any atom is 0.416 e. The fourth-order valence-electron chi connectivity index (χ4n) is 3.06. The van der Waals surface area contributed by atoms with Gasteiger partial charge in [0, 0.05) is 28.3 Å². The smallest absolute Gasteiger partial charge is 0.416 e. The normalized spacial score (nSPS) is 13.0. The second kappa shape index (κ2) is 10.4. The Morgan fingerprint density at radius 2 is 1.60 bits per heavy atom. The summed E-state index contributed by atoms with van der Waals surface area (Å²) >= 11 is 3.16. The number of rotatable bonds is 7. The summed E-state index contributed by atoms with van der Waals surface area (Å²) in [5.41, 5.74) is -1.58. The third-order valence-electron chi connectivity index (χ3n) is 4.82. The van der Waals surface area contributed by atoms with Crippen molar-refractivity contribution in [2.24, 2.45) is 0 Å². The maximum atomic E-state index is 14.4. The van der Waals surface area contributed by atoms with Crippen LogP contribution in [-0.4, -0.2) is 23.9 Å². The van der Waals surface area contributed by atoms with E-state index < -0.39 is 48.7 Å². The van der Waals surface area contributed by atoms with Crippen molar-refractivity contribution in [3.63, 3.8) is 0 Å². The molecule has 0 fully saturated rings. The molecule has 1 atom stereocenters. The molecule has 1 N–H and O–H groups in total. The lowest BCUT2D eigenvalue weighted by atomic mass is 10.1. The van der Waals surface area contributed by atoms with Gasteiger partial charge in [-0.05, 0) is 42.5 Å². The molecule has 0 spiro atoms. The predicted molar refractivity (Wildman–Crippen MR) is 115 cm³/mol. The van der Waals surface area contributed by atoms with Gasteiger partial charge >= 0.3 is 12.4 Å². The van der Waals surface area contributed by atoms with Crippen molar-refractivity contribution in [2.75, 3.05) is 11.4 Å². The highest BCUT2D eigenvalue weighted by molar-refractivity contribution is 9.10. The average molecular weight is 570 g/mol. The highest BCUT2D eigenvalue weighted by Gasteiger charge is 2.39. The first-order valence-electron chi connectivity index (χ1n) is 9.82. The summed E-state index contributed by atoms with van der Waals surface area (Å²) in [7, 11) is 0. The molecule has 0 aliphatic carbocycles. The number of hydrogen-bond donors (Lipinski definition) is 1. The summed E-state index contributed by atoms with van der Waals surface area (Å²) < 4.78 is 112. The van der Waals surface area contributed by atoms with Gasteiger partial charge in [-0.15, -0.1) is 0 Å². The summed E-state index contributed by atoms with van der Waals surface area (Å²) in [6.45, 7) is -1.66. The highest BCUT2D eigenvalue weighted by atomic mass is 79.9. The Labute approximate surface area is 202 Å². The van der Waals surface area contributed by atoms with Crippen LogP contribution in [0.5, 0.6) is 11.5 Å². The Morgan fingerprint density at radius 3 is 2.23 bits per heavy atom. The second-order valence-corrected chi connectivity index (χ2v) is 8.33.